The number of rotatable bonds is 3. The second-order valence-corrected chi connectivity index (χ2v) is 3.45. The summed E-state index contributed by atoms with van der Waals surface area (Å²) >= 11 is 4.52. The van der Waals surface area contributed by atoms with Crippen molar-refractivity contribution in [2.45, 2.75) is 18.8 Å². The van der Waals surface area contributed by atoms with Crippen LogP contribution in [0.5, 0.6) is 0 Å². The Bertz CT molecular complexity index is 163. The molecular formula is C3H7ClO4S. The van der Waals surface area contributed by atoms with E-state index in [1.54, 1.807) is 0 Å². The monoisotopic (exact) mass is 174 g/mol. The molecule has 0 heterocycles. The summed E-state index contributed by atoms with van der Waals surface area (Å²) in [5.74, 6) is 0. The van der Waals surface area contributed by atoms with Gasteiger partial charge in [0.25, 0.3) is 0 Å². The molecule has 0 radical (unpaired) electrons. The number of hydrogen-bond donors (Lipinski definition) is 1. The molecule has 0 saturated heterocycles. The fraction of sp³-hybridized carbons (Fsp3) is 1.00. The van der Waals surface area contributed by atoms with Crippen molar-refractivity contribution in [3.8, 4) is 0 Å². The van der Waals surface area contributed by atoms with Gasteiger partial charge in [-0.25, -0.2) is 0 Å². The lowest BCUT2D eigenvalue weighted by atomic mass is 10.5. The average molecular weight is 175 g/mol. The highest BCUT2D eigenvalue weighted by Gasteiger charge is 2.20. The molecular weight excluding hydrogens is 168 g/mol. The molecule has 0 spiro atoms. The lowest BCUT2D eigenvalue weighted by Gasteiger charge is -2.02. The summed E-state index contributed by atoms with van der Waals surface area (Å²) in [6.07, 6.45) is 0.0645. The predicted molar refractivity (Wildman–Crippen MR) is 32.2 cm³/mol. The Hall–Kier alpha value is 0.160. The van der Waals surface area contributed by atoms with Gasteiger partial charge in [-0.2, -0.15) is 12.2 Å². The minimum Gasteiger partial charge on any atom is -0.375 e. The van der Waals surface area contributed by atoms with Crippen LogP contribution < -0.4 is 0 Å². The van der Waals surface area contributed by atoms with Crippen LogP contribution in [0, 0.1) is 0 Å². The van der Waals surface area contributed by atoms with Crippen LogP contribution in [-0.4, -0.2) is 19.0 Å². The van der Waals surface area contributed by atoms with Gasteiger partial charge in [0.15, 0.2) is 5.44 Å². The highest BCUT2D eigenvalue weighted by Crippen LogP contribution is 2.05. The summed E-state index contributed by atoms with van der Waals surface area (Å²) in [5.41, 5.74) is -1.52. The summed E-state index contributed by atoms with van der Waals surface area (Å²) < 4.78 is 24.1. The molecule has 0 rings (SSSR count). The van der Waals surface area contributed by atoms with Crippen molar-refractivity contribution in [3.63, 3.8) is 0 Å². The number of aliphatic hydroxyl groups excluding tert-OH is 1. The molecule has 0 saturated carbocycles. The van der Waals surface area contributed by atoms with Crippen LogP contribution in [0.4, 0.5) is 0 Å². The van der Waals surface area contributed by atoms with Crippen molar-refractivity contribution in [2.24, 2.45) is 0 Å². The zero-order valence-corrected chi connectivity index (χ0v) is 6.32. The van der Waals surface area contributed by atoms with E-state index in [4.69, 9.17) is 5.11 Å². The first-order valence-corrected chi connectivity index (χ1v) is 4.04. The molecule has 0 bridgehead atoms. The van der Waals surface area contributed by atoms with Gasteiger partial charge in [0.1, 0.15) is 0 Å². The van der Waals surface area contributed by atoms with E-state index in [0.29, 0.717) is 0 Å². The van der Waals surface area contributed by atoms with Crippen molar-refractivity contribution >= 4 is 22.0 Å². The second kappa shape index (κ2) is 3.36. The van der Waals surface area contributed by atoms with Gasteiger partial charge in [-0.1, -0.05) is 6.92 Å². The van der Waals surface area contributed by atoms with Gasteiger partial charge in [-0.3, -0.25) is 0 Å². The van der Waals surface area contributed by atoms with Crippen LogP contribution in [0.25, 0.3) is 0 Å². The SMILES string of the molecule is CCC(O)S(=O)(=O)OCl. The van der Waals surface area contributed by atoms with Crippen molar-refractivity contribution in [1.82, 2.24) is 0 Å². The summed E-state index contributed by atoms with van der Waals surface area (Å²) in [5, 5.41) is 8.59. The smallest absolute Gasteiger partial charge is 0.310 e. The Morgan fingerprint density at radius 2 is 2.22 bits per heavy atom. The van der Waals surface area contributed by atoms with E-state index in [0.717, 1.165) is 0 Å². The minimum atomic E-state index is -3.93. The van der Waals surface area contributed by atoms with E-state index >= 15 is 0 Å². The van der Waals surface area contributed by atoms with Gasteiger partial charge in [-0.05, 0) is 6.42 Å². The normalized spacial score (nSPS) is 15.4. The molecule has 1 N–H and O–H groups in total. The maximum Gasteiger partial charge on any atom is 0.310 e. The molecule has 56 valence electrons. The molecule has 0 aromatic rings. The van der Waals surface area contributed by atoms with Crippen molar-refractivity contribution in [1.29, 1.82) is 0 Å². The molecule has 9 heavy (non-hydrogen) atoms. The predicted octanol–water partition coefficient (Wildman–Crippen LogP) is 0.215. The Morgan fingerprint density at radius 3 is 2.33 bits per heavy atom. The van der Waals surface area contributed by atoms with E-state index in [1.165, 1.54) is 6.92 Å². The van der Waals surface area contributed by atoms with E-state index < -0.39 is 15.6 Å². The molecule has 0 aliphatic rings. The second-order valence-electron chi connectivity index (χ2n) is 1.42. The molecule has 0 aliphatic heterocycles. The first-order chi connectivity index (χ1) is 4.04. The third kappa shape index (κ3) is 2.49. The standard InChI is InChI=1S/C3H7ClO4S/c1-2-3(5)9(6,7)8-4/h3,5H,2H2,1H3. The first kappa shape index (κ1) is 9.16. The summed E-state index contributed by atoms with van der Waals surface area (Å²) in [6.45, 7) is 1.50. The maximum atomic E-state index is 10.3. The highest BCUT2D eigenvalue weighted by atomic mass is 35.5. The Morgan fingerprint density at radius 1 is 1.78 bits per heavy atom. The van der Waals surface area contributed by atoms with E-state index in [9.17, 15) is 8.42 Å². The minimum absolute atomic E-state index is 0.0645. The number of halogens is 1. The molecule has 0 fully saturated rings. The molecule has 0 aromatic carbocycles. The van der Waals surface area contributed by atoms with Gasteiger partial charge in [0, 0.05) is 0 Å². The topological polar surface area (TPSA) is 63.6 Å². The van der Waals surface area contributed by atoms with Crippen LogP contribution in [0.15, 0.2) is 0 Å². The summed E-state index contributed by atoms with van der Waals surface area (Å²) in [7, 11) is -3.93. The van der Waals surface area contributed by atoms with Crippen molar-refractivity contribution in [2.75, 3.05) is 0 Å². The number of hydrogen-bond acceptors (Lipinski definition) is 4. The maximum absolute atomic E-state index is 10.3. The summed E-state index contributed by atoms with van der Waals surface area (Å²) in [6, 6.07) is 0. The van der Waals surface area contributed by atoms with Crippen molar-refractivity contribution in [3.05, 3.63) is 0 Å². The Labute approximate surface area is 58.7 Å². The first-order valence-electron chi connectivity index (χ1n) is 2.26. The largest absolute Gasteiger partial charge is 0.375 e. The van der Waals surface area contributed by atoms with Crippen LogP contribution >= 0.6 is 11.9 Å². The Kier molecular flexibility index (Phi) is 3.42. The average Bonchev–Trinajstić information content (AvgIpc) is 1.86. The van der Waals surface area contributed by atoms with E-state index in [1.807, 2.05) is 0 Å². The van der Waals surface area contributed by atoms with Gasteiger partial charge < -0.3 is 5.11 Å². The van der Waals surface area contributed by atoms with Gasteiger partial charge in [-0.15, -0.1) is 0 Å². The Balaban J connectivity index is 4.17. The van der Waals surface area contributed by atoms with Gasteiger partial charge in [0.2, 0.25) is 0 Å². The molecule has 0 amide bonds. The lowest BCUT2D eigenvalue weighted by Crippen LogP contribution is -2.18. The summed E-state index contributed by atoms with van der Waals surface area (Å²) in [4.78, 5) is 0. The van der Waals surface area contributed by atoms with Crippen LogP contribution in [0.1, 0.15) is 13.3 Å². The van der Waals surface area contributed by atoms with Crippen LogP contribution in [0.3, 0.4) is 0 Å². The van der Waals surface area contributed by atoms with Gasteiger partial charge >= 0.3 is 10.1 Å². The van der Waals surface area contributed by atoms with Crippen LogP contribution in [0.2, 0.25) is 0 Å². The molecule has 4 nitrogen and oxygen atoms in total. The molecule has 1 atom stereocenters. The highest BCUT2D eigenvalue weighted by molar-refractivity contribution is 7.87. The molecule has 0 aliphatic carbocycles. The molecule has 6 heteroatoms. The zero-order valence-electron chi connectivity index (χ0n) is 4.74. The lowest BCUT2D eigenvalue weighted by molar-refractivity contribution is 0.233. The molecule has 1 unspecified atom stereocenters. The quantitative estimate of drug-likeness (QED) is 0.665. The number of aliphatic hydroxyl groups is 1. The third-order valence-electron chi connectivity index (χ3n) is 0.770. The third-order valence-corrected chi connectivity index (χ3v) is 2.47. The fourth-order valence-corrected chi connectivity index (χ4v) is 0.990. The van der Waals surface area contributed by atoms with Crippen LogP contribution in [-0.2, 0) is 13.9 Å². The van der Waals surface area contributed by atoms with E-state index in [2.05, 4.69) is 15.6 Å². The van der Waals surface area contributed by atoms with Gasteiger partial charge in [0.05, 0.1) is 11.9 Å². The zero-order chi connectivity index (χ0) is 7.49. The van der Waals surface area contributed by atoms with Crippen molar-refractivity contribution < 1.29 is 17.3 Å². The molecule has 0 aromatic heterocycles. The fourth-order valence-electron chi connectivity index (χ4n) is 0.246. The van der Waals surface area contributed by atoms with E-state index in [-0.39, 0.29) is 6.42 Å².